The summed E-state index contributed by atoms with van der Waals surface area (Å²) in [5.74, 6) is 0.241. The summed E-state index contributed by atoms with van der Waals surface area (Å²) in [4.78, 5) is 29.8. The molecule has 1 heterocycles. The molecule has 2 rings (SSSR count). The number of hydrogen-bond donors (Lipinski definition) is 1. The van der Waals surface area contributed by atoms with Crippen LogP contribution in [0.2, 0.25) is 0 Å². The lowest BCUT2D eigenvalue weighted by Gasteiger charge is -2.12. The number of nitro benzene ring substituents is 1. The molecule has 0 bridgehead atoms. The van der Waals surface area contributed by atoms with Gasteiger partial charge in [-0.2, -0.15) is 0 Å². The quantitative estimate of drug-likeness (QED) is 0.291. The van der Waals surface area contributed by atoms with Crippen molar-refractivity contribution in [3.63, 3.8) is 0 Å². The van der Waals surface area contributed by atoms with Crippen LogP contribution in [0.15, 0.2) is 36.7 Å². The molecule has 0 spiro atoms. The SMILES string of the molecule is CCOC(=O)COc1cc([N+](=O)[O-])ccc1OCCNc1ncccn1. The Morgan fingerprint density at radius 1 is 1.23 bits per heavy atom. The number of aromatic nitrogens is 2. The van der Waals surface area contributed by atoms with Crippen LogP contribution >= 0.6 is 0 Å². The van der Waals surface area contributed by atoms with Crippen LogP contribution in [0.25, 0.3) is 0 Å². The molecule has 138 valence electrons. The number of hydrogen-bond acceptors (Lipinski definition) is 9. The number of nitro groups is 1. The number of nitrogens with one attached hydrogen (secondary N) is 1. The van der Waals surface area contributed by atoms with Crippen LogP contribution in [-0.2, 0) is 9.53 Å². The normalized spacial score (nSPS) is 10.0. The Morgan fingerprint density at radius 2 is 2.00 bits per heavy atom. The average Bonchev–Trinajstić information content (AvgIpc) is 2.65. The van der Waals surface area contributed by atoms with Crippen LogP contribution in [0.4, 0.5) is 11.6 Å². The van der Waals surface area contributed by atoms with Gasteiger partial charge in [0.15, 0.2) is 18.1 Å². The lowest BCUT2D eigenvalue weighted by molar-refractivity contribution is -0.385. The number of carbonyl (C=O) groups excluding carboxylic acids is 1. The number of esters is 1. The van der Waals surface area contributed by atoms with E-state index in [1.807, 2.05) is 0 Å². The van der Waals surface area contributed by atoms with Crippen molar-refractivity contribution in [3.05, 3.63) is 46.8 Å². The second-order valence-electron chi connectivity index (χ2n) is 4.83. The fraction of sp³-hybridized carbons (Fsp3) is 0.312. The predicted molar refractivity (Wildman–Crippen MR) is 91.2 cm³/mol. The van der Waals surface area contributed by atoms with Gasteiger partial charge in [0.2, 0.25) is 5.95 Å². The molecule has 10 nitrogen and oxygen atoms in total. The summed E-state index contributed by atoms with van der Waals surface area (Å²) in [6.45, 7) is 2.14. The van der Waals surface area contributed by atoms with Crippen LogP contribution in [0.3, 0.4) is 0 Å². The molecular formula is C16H18N4O6. The molecule has 0 aliphatic rings. The van der Waals surface area contributed by atoms with E-state index in [0.29, 0.717) is 12.5 Å². The highest BCUT2D eigenvalue weighted by Gasteiger charge is 2.15. The Bertz CT molecular complexity index is 741. The van der Waals surface area contributed by atoms with Gasteiger partial charge >= 0.3 is 5.97 Å². The molecule has 0 fully saturated rings. The fourth-order valence-electron chi connectivity index (χ4n) is 1.90. The molecule has 0 aliphatic carbocycles. The molecule has 0 atom stereocenters. The van der Waals surface area contributed by atoms with Gasteiger partial charge in [0.05, 0.1) is 24.1 Å². The van der Waals surface area contributed by atoms with E-state index in [1.54, 1.807) is 25.4 Å². The first-order valence-electron chi connectivity index (χ1n) is 7.80. The number of carbonyl (C=O) groups is 1. The van der Waals surface area contributed by atoms with Gasteiger partial charge < -0.3 is 19.5 Å². The number of ether oxygens (including phenoxy) is 3. The number of nitrogens with zero attached hydrogens (tertiary/aromatic N) is 3. The third kappa shape index (κ3) is 5.89. The summed E-state index contributed by atoms with van der Waals surface area (Å²) in [6.07, 6.45) is 3.21. The summed E-state index contributed by atoms with van der Waals surface area (Å²) in [5, 5.41) is 13.9. The van der Waals surface area contributed by atoms with Crippen molar-refractivity contribution in [2.75, 3.05) is 31.7 Å². The molecule has 0 radical (unpaired) electrons. The van der Waals surface area contributed by atoms with Crippen LogP contribution in [0.1, 0.15) is 6.92 Å². The summed E-state index contributed by atoms with van der Waals surface area (Å²) in [7, 11) is 0. The van der Waals surface area contributed by atoms with Gasteiger partial charge in [0.1, 0.15) is 6.61 Å². The van der Waals surface area contributed by atoms with Gasteiger partial charge in [-0.25, -0.2) is 14.8 Å². The topological polar surface area (TPSA) is 126 Å². The van der Waals surface area contributed by atoms with Crippen molar-refractivity contribution < 1.29 is 23.9 Å². The molecule has 0 amide bonds. The van der Waals surface area contributed by atoms with Gasteiger partial charge in [-0.15, -0.1) is 0 Å². The number of rotatable bonds is 10. The largest absolute Gasteiger partial charge is 0.488 e. The molecule has 0 saturated heterocycles. The molecule has 0 unspecified atom stereocenters. The first kappa shape index (κ1) is 18.9. The molecule has 0 aliphatic heterocycles. The van der Waals surface area contributed by atoms with Crippen molar-refractivity contribution in [3.8, 4) is 11.5 Å². The van der Waals surface area contributed by atoms with Crippen molar-refractivity contribution in [2.45, 2.75) is 6.92 Å². The van der Waals surface area contributed by atoms with Crippen LogP contribution in [0.5, 0.6) is 11.5 Å². The molecule has 10 heteroatoms. The third-order valence-electron chi connectivity index (χ3n) is 3.00. The fourth-order valence-corrected chi connectivity index (χ4v) is 1.90. The Hall–Kier alpha value is -3.43. The minimum Gasteiger partial charge on any atom is -0.488 e. The zero-order valence-electron chi connectivity index (χ0n) is 14.1. The first-order chi connectivity index (χ1) is 12.6. The second kappa shape index (κ2) is 9.77. The Labute approximate surface area is 149 Å². The highest BCUT2D eigenvalue weighted by molar-refractivity contribution is 5.71. The van der Waals surface area contributed by atoms with E-state index >= 15 is 0 Å². The van der Waals surface area contributed by atoms with E-state index in [2.05, 4.69) is 15.3 Å². The molecule has 1 aromatic heterocycles. The number of anilines is 1. The second-order valence-corrected chi connectivity index (χ2v) is 4.83. The first-order valence-corrected chi connectivity index (χ1v) is 7.80. The van der Waals surface area contributed by atoms with Gasteiger partial charge in [-0.3, -0.25) is 10.1 Å². The standard InChI is InChI=1S/C16H18N4O6/c1-2-24-15(21)11-26-14-10-12(20(22)23)4-5-13(14)25-9-8-19-16-17-6-3-7-18-16/h3-7,10H,2,8-9,11H2,1H3,(H,17,18,19). The number of benzene rings is 1. The average molecular weight is 362 g/mol. The highest BCUT2D eigenvalue weighted by Crippen LogP contribution is 2.31. The molecule has 1 N–H and O–H groups in total. The van der Waals surface area contributed by atoms with Crippen molar-refractivity contribution in [1.82, 2.24) is 9.97 Å². The molecule has 0 saturated carbocycles. The Morgan fingerprint density at radius 3 is 2.69 bits per heavy atom. The van der Waals surface area contributed by atoms with Gasteiger partial charge in [0, 0.05) is 18.5 Å². The smallest absolute Gasteiger partial charge is 0.344 e. The summed E-state index contributed by atoms with van der Waals surface area (Å²) >= 11 is 0. The van der Waals surface area contributed by atoms with E-state index in [1.165, 1.54) is 18.2 Å². The molecule has 2 aromatic rings. The lowest BCUT2D eigenvalue weighted by atomic mass is 10.3. The summed E-state index contributed by atoms with van der Waals surface area (Å²) in [5.41, 5.74) is -0.174. The predicted octanol–water partition coefficient (Wildman–Crippen LogP) is 1.82. The minimum absolute atomic E-state index is 0.0863. The number of non-ortho nitro benzene ring substituents is 1. The zero-order valence-corrected chi connectivity index (χ0v) is 14.1. The van der Waals surface area contributed by atoms with Crippen LogP contribution < -0.4 is 14.8 Å². The highest BCUT2D eigenvalue weighted by atomic mass is 16.6. The maximum atomic E-state index is 11.4. The van der Waals surface area contributed by atoms with Crippen molar-refractivity contribution in [2.24, 2.45) is 0 Å². The van der Waals surface area contributed by atoms with Crippen molar-refractivity contribution >= 4 is 17.6 Å². The summed E-state index contributed by atoms with van der Waals surface area (Å²) < 4.78 is 15.6. The van der Waals surface area contributed by atoms with Crippen LogP contribution in [0, 0.1) is 10.1 Å². The van der Waals surface area contributed by atoms with E-state index in [9.17, 15) is 14.9 Å². The monoisotopic (exact) mass is 362 g/mol. The summed E-state index contributed by atoms with van der Waals surface area (Å²) in [6, 6.07) is 5.60. The van der Waals surface area contributed by atoms with Crippen LogP contribution in [-0.4, -0.2) is 47.2 Å². The van der Waals surface area contributed by atoms with E-state index in [0.717, 1.165) is 0 Å². The molecule has 26 heavy (non-hydrogen) atoms. The Kier molecular flexibility index (Phi) is 7.10. The maximum absolute atomic E-state index is 11.4. The van der Waals surface area contributed by atoms with Gasteiger partial charge in [-0.1, -0.05) is 0 Å². The lowest BCUT2D eigenvalue weighted by Crippen LogP contribution is -2.16. The van der Waals surface area contributed by atoms with E-state index in [4.69, 9.17) is 14.2 Å². The van der Waals surface area contributed by atoms with E-state index in [-0.39, 0.29) is 37.0 Å². The minimum atomic E-state index is -0.576. The van der Waals surface area contributed by atoms with Gasteiger partial charge in [-0.05, 0) is 19.1 Å². The third-order valence-corrected chi connectivity index (χ3v) is 3.00. The Balaban J connectivity index is 1.96. The molecular weight excluding hydrogens is 344 g/mol. The maximum Gasteiger partial charge on any atom is 0.344 e. The van der Waals surface area contributed by atoms with Crippen molar-refractivity contribution in [1.29, 1.82) is 0 Å². The molecule has 1 aromatic carbocycles. The van der Waals surface area contributed by atoms with Gasteiger partial charge in [0.25, 0.3) is 5.69 Å². The zero-order chi connectivity index (χ0) is 18.8. The van der Waals surface area contributed by atoms with E-state index < -0.39 is 10.9 Å².